The monoisotopic (exact) mass is 112 g/mol. The molecule has 0 amide bonds. The van der Waals surface area contributed by atoms with Crippen LogP contribution in [-0.2, 0) is 4.79 Å². The first-order valence-electron chi connectivity index (χ1n) is 1.99. The van der Waals surface area contributed by atoms with Crippen molar-refractivity contribution in [3.05, 3.63) is 0 Å². The molecule has 2 nitrogen and oxygen atoms in total. The van der Waals surface area contributed by atoms with Gasteiger partial charge >= 0.3 is 35.5 Å². The average molecular weight is 112 g/mol. The molecule has 0 aromatic heterocycles. The molecule has 1 N–H and O–H groups in total. The van der Waals surface area contributed by atoms with Gasteiger partial charge in [-0.2, -0.15) is 0 Å². The van der Waals surface area contributed by atoms with Gasteiger partial charge in [-0.3, -0.25) is 4.79 Å². The second-order valence-electron chi connectivity index (χ2n) is 1.14. The van der Waals surface area contributed by atoms with Gasteiger partial charge in [0.15, 0.2) is 0 Å². The molecular formula is C4H9NaO2. The molecule has 0 heterocycles. The van der Waals surface area contributed by atoms with Gasteiger partial charge in [0.1, 0.15) is 0 Å². The second kappa shape index (κ2) is 6.47. The molecule has 0 fully saturated rings. The molecule has 0 atom stereocenters. The zero-order chi connectivity index (χ0) is 4.99. The molecule has 0 aliphatic heterocycles. The van der Waals surface area contributed by atoms with E-state index in [1.54, 1.807) is 0 Å². The maximum atomic E-state index is 9.60. The van der Waals surface area contributed by atoms with Gasteiger partial charge in [-0.15, -0.1) is 0 Å². The van der Waals surface area contributed by atoms with E-state index in [0.717, 1.165) is 6.42 Å². The number of carboxylic acid groups (broad SMARTS) is 1. The molecule has 0 unspecified atom stereocenters. The third-order valence-electron chi connectivity index (χ3n) is 0.464. The number of rotatable bonds is 2. The average Bonchev–Trinajstić information content (AvgIpc) is 1.35. The fourth-order valence-corrected chi connectivity index (χ4v) is 0.214. The molecule has 0 radical (unpaired) electrons. The van der Waals surface area contributed by atoms with Gasteiger partial charge in [-0.25, -0.2) is 0 Å². The van der Waals surface area contributed by atoms with Gasteiger partial charge in [0.05, 0.1) is 0 Å². The van der Waals surface area contributed by atoms with E-state index in [1.807, 2.05) is 6.92 Å². The van der Waals surface area contributed by atoms with Crippen LogP contribution in [-0.4, -0.2) is 40.6 Å². The van der Waals surface area contributed by atoms with Crippen LogP contribution in [0.3, 0.4) is 0 Å². The summed E-state index contributed by atoms with van der Waals surface area (Å²) in [6.45, 7) is 1.84. The van der Waals surface area contributed by atoms with Gasteiger partial charge < -0.3 is 5.11 Å². The van der Waals surface area contributed by atoms with Gasteiger partial charge in [0.25, 0.3) is 0 Å². The maximum absolute atomic E-state index is 9.60. The van der Waals surface area contributed by atoms with Crippen LogP contribution < -0.4 is 0 Å². The Balaban J connectivity index is 0. The van der Waals surface area contributed by atoms with Crippen LogP contribution in [0.5, 0.6) is 0 Å². The molecule has 0 saturated carbocycles. The van der Waals surface area contributed by atoms with E-state index in [1.165, 1.54) is 0 Å². The van der Waals surface area contributed by atoms with Crippen LogP contribution >= 0.6 is 0 Å². The fraction of sp³-hybridized carbons (Fsp3) is 0.750. The third kappa shape index (κ3) is 10.7. The number of carboxylic acids is 1. The van der Waals surface area contributed by atoms with Crippen molar-refractivity contribution in [1.82, 2.24) is 0 Å². The van der Waals surface area contributed by atoms with Crippen LogP contribution in [0.2, 0.25) is 0 Å². The molecular weight excluding hydrogens is 103 g/mol. The van der Waals surface area contributed by atoms with Crippen LogP contribution in [0.1, 0.15) is 19.8 Å². The Labute approximate surface area is 65.2 Å². The number of hydrogen-bond donors (Lipinski definition) is 1. The van der Waals surface area contributed by atoms with Crippen molar-refractivity contribution in [1.29, 1.82) is 0 Å². The Hall–Kier alpha value is 0.470. The van der Waals surface area contributed by atoms with Gasteiger partial charge in [0, 0.05) is 6.42 Å². The molecule has 3 heteroatoms. The van der Waals surface area contributed by atoms with E-state index in [2.05, 4.69) is 0 Å². The summed E-state index contributed by atoms with van der Waals surface area (Å²) in [6, 6.07) is 0. The van der Waals surface area contributed by atoms with Crippen LogP contribution in [0.15, 0.2) is 0 Å². The van der Waals surface area contributed by atoms with Crippen LogP contribution in [0.4, 0.5) is 0 Å². The summed E-state index contributed by atoms with van der Waals surface area (Å²) in [5, 5.41) is 7.91. The van der Waals surface area contributed by atoms with Crippen molar-refractivity contribution < 1.29 is 9.90 Å². The van der Waals surface area contributed by atoms with E-state index in [4.69, 9.17) is 5.11 Å². The quantitative estimate of drug-likeness (QED) is 0.519. The third-order valence-corrected chi connectivity index (χ3v) is 0.464. The topological polar surface area (TPSA) is 37.3 Å². The van der Waals surface area contributed by atoms with Crippen molar-refractivity contribution in [2.45, 2.75) is 19.8 Å². The van der Waals surface area contributed by atoms with Crippen molar-refractivity contribution in [3.8, 4) is 0 Å². The summed E-state index contributed by atoms with van der Waals surface area (Å²) in [7, 11) is 0. The van der Waals surface area contributed by atoms with Crippen molar-refractivity contribution in [3.63, 3.8) is 0 Å². The summed E-state index contributed by atoms with van der Waals surface area (Å²) in [5.74, 6) is -0.711. The molecule has 7 heavy (non-hydrogen) atoms. The Kier molecular flexibility index (Phi) is 9.66. The molecule has 0 bridgehead atoms. The summed E-state index contributed by atoms with van der Waals surface area (Å²) < 4.78 is 0. The summed E-state index contributed by atoms with van der Waals surface area (Å²) in [6.07, 6.45) is 1.02. The first-order chi connectivity index (χ1) is 2.77. The van der Waals surface area contributed by atoms with Crippen LogP contribution in [0, 0.1) is 0 Å². The van der Waals surface area contributed by atoms with E-state index in [9.17, 15) is 4.79 Å². The predicted molar refractivity (Wildman–Crippen MR) is 29.7 cm³/mol. The van der Waals surface area contributed by atoms with Gasteiger partial charge in [-0.05, 0) is 6.42 Å². The van der Waals surface area contributed by atoms with E-state index >= 15 is 0 Å². The molecule has 38 valence electrons. The predicted octanol–water partition coefficient (Wildman–Crippen LogP) is 0.223. The normalized spacial score (nSPS) is 7.00. The Morgan fingerprint density at radius 3 is 2.14 bits per heavy atom. The summed E-state index contributed by atoms with van der Waals surface area (Å²) in [4.78, 5) is 9.60. The molecule has 0 aromatic carbocycles. The van der Waals surface area contributed by atoms with Crippen molar-refractivity contribution in [2.75, 3.05) is 0 Å². The molecule has 0 aliphatic carbocycles. The van der Waals surface area contributed by atoms with Gasteiger partial charge in [-0.1, -0.05) is 6.92 Å². The minimum absolute atomic E-state index is 0. The zero-order valence-electron chi connectivity index (χ0n) is 3.77. The van der Waals surface area contributed by atoms with E-state index < -0.39 is 5.97 Å². The van der Waals surface area contributed by atoms with Crippen LogP contribution in [0.25, 0.3) is 0 Å². The first-order valence-corrected chi connectivity index (χ1v) is 1.99. The minimum atomic E-state index is -0.711. The summed E-state index contributed by atoms with van der Waals surface area (Å²) >= 11 is 0. The Bertz CT molecular complexity index is 53.7. The molecule has 0 spiro atoms. The number of carbonyl (C=O) groups is 1. The molecule has 0 rings (SSSR count). The fourth-order valence-electron chi connectivity index (χ4n) is 0.214. The zero-order valence-corrected chi connectivity index (χ0v) is 3.77. The number of aliphatic carboxylic acids is 1. The van der Waals surface area contributed by atoms with Crippen molar-refractivity contribution in [2.24, 2.45) is 0 Å². The standard InChI is InChI=1S/C4H8O2.Na.H/c1-2-3-4(5)6;;/h2-3H2,1H3,(H,5,6);;. The molecule has 0 aliphatic rings. The van der Waals surface area contributed by atoms with Crippen molar-refractivity contribution >= 4 is 35.5 Å². The van der Waals surface area contributed by atoms with E-state index in [0.29, 0.717) is 6.42 Å². The molecule has 0 aromatic rings. The first kappa shape index (κ1) is 10.5. The number of hydrogen-bond acceptors (Lipinski definition) is 1. The van der Waals surface area contributed by atoms with E-state index in [-0.39, 0.29) is 29.6 Å². The Morgan fingerprint density at radius 2 is 2.14 bits per heavy atom. The van der Waals surface area contributed by atoms with Gasteiger partial charge in [0.2, 0.25) is 0 Å². The summed E-state index contributed by atoms with van der Waals surface area (Å²) in [5.41, 5.74) is 0. The SMILES string of the molecule is CCCC(=O)O.[NaH]. The molecule has 0 saturated heterocycles. The second-order valence-corrected chi connectivity index (χ2v) is 1.14. The Morgan fingerprint density at radius 1 is 1.71 bits per heavy atom.